The molecule has 2 heteroatoms. The first-order valence-electron chi connectivity index (χ1n) is 7.49. The van der Waals surface area contributed by atoms with Gasteiger partial charge in [-0.2, -0.15) is 0 Å². The van der Waals surface area contributed by atoms with E-state index < -0.39 is 0 Å². The molecule has 0 fully saturated rings. The summed E-state index contributed by atoms with van der Waals surface area (Å²) < 4.78 is 5.24. The molecule has 0 aliphatic rings. The van der Waals surface area contributed by atoms with Crippen molar-refractivity contribution in [2.75, 3.05) is 19.8 Å². The standard InChI is InChI=1S/C17H28O2/c1-15(2)14-17-9-7-16(8-10-17)6-4-3-5-12-19-13-11-18/h7-10,15,18H,3-6,11-14H2,1-2H3. The Balaban J connectivity index is 2.12. The zero-order chi connectivity index (χ0) is 13.9. The summed E-state index contributed by atoms with van der Waals surface area (Å²) >= 11 is 0. The molecule has 0 unspecified atom stereocenters. The summed E-state index contributed by atoms with van der Waals surface area (Å²) in [7, 11) is 0. The second-order valence-electron chi connectivity index (χ2n) is 5.56. The molecule has 0 atom stereocenters. The summed E-state index contributed by atoms with van der Waals surface area (Å²) in [6.45, 7) is 5.88. The van der Waals surface area contributed by atoms with Crippen LogP contribution in [0, 0.1) is 5.92 Å². The molecular formula is C17H28O2. The number of benzene rings is 1. The lowest BCUT2D eigenvalue weighted by Crippen LogP contribution is -2.00. The third-order valence-corrected chi connectivity index (χ3v) is 3.16. The lowest BCUT2D eigenvalue weighted by Gasteiger charge is -2.07. The van der Waals surface area contributed by atoms with Crippen molar-refractivity contribution in [2.45, 2.75) is 46.0 Å². The average molecular weight is 264 g/mol. The van der Waals surface area contributed by atoms with Crippen molar-refractivity contribution in [2.24, 2.45) is 5.92 Å². The summed E-state index contributed by atoms with van der Waals surface area (Å²) in [5.74, 6) is 0.727. The Kier molecular flexibility index (Phi) is 8.52. The average Bonchev–Trinajstić information content (AvgIpc) is 2.39. The van der Waals surface area contributed by atoms with Crippen molar-refractivity contribution in [3.05, 3.63) is 35.4 Å². The first-order chi connectivity index (χ1) is 9.22. The van der Waals surface area contributed by atoms with Gasteiger partial charge in [0.1, 0.15) is 0 Å². The van der Waals surface area contributed by atoms with Crippen molar-refractivity contribution < 1.29 is 9.84 Å². The van der Waals surface area contributed by atoms with Gasteiger partial charge >= 0.3 is 0 Å². The molecular weight excluding hydrogens is 236 g/mol. The number of ether oxygens (including phenoxy) is 1. The van der Waals surface area contributed by atoms with Crippen LogP contribution in [0.4, 0.5) is 0 Å². The largest absolute Gasteiger partial charge is 0.394 e. The fraction of sp³-hybridized carbons (Fsp3) is 0.647. The zero-order valence-corrected chi connectivity index (χ0v) is 12.4. The summed E-state index contributed by atoms with van der Waals surface area (Å²) in [5.41, 5.74) is 2.87. The van der Waals surface area contributed by atoms with Gasteiger partial charge in [0, 0.05) is 6.61 Å². The molecule has 0 saturated carbocycles. The van der Waals surface area contributed by atoms with Crippen molar-refractivity contribution in [3.63, 3.8) is 0 Å². The van der Waals surface area contributed by atoms with Gasteiger partial charge in [0.05, 0.1) is 13.2 Å². The second kappa shape index (κ2) is 9.99. The van der Waals surface area contributed by atoms with E-state index in [9.17, 15) is 0 Å². The highest BCUT2D eigenvalue weighted by Gasteiger charge is 1.98. The molecule has 0 bridgehead atoms. The highest BCUT2D eigenvalue weighted by Crippen LogP contribution is 2.12. The number of unbranched alkanes of at least 4 members (excludes halogenated alkanes) is 2. The van der Waals surface area contributed by atoms with Gasteiger partial charge in [-0.3, -0.25) is 0 Å². The number of aliphatic hydroxyl groups is 1. The van der Waals surface area contributed by atoms with Crippen molar-refractivity contribution >= 4 is 0 Å². The maximum atomic E-state index is 8.57. The van der Waals surface area contributed by atoms with Crippen molar-refractivity contribution in [3.8, 4) is 0 Å². The summed E-state index contributed by atoms with van der Waals surface area (Å²) in [6.07, 6.45) is 5.82. The van der Waals surface area contributed by atoms with Gasteiger partial charge < -0.3 is 9.84 Å². The van der Waals surface area contributed by atoms with Gasteiger partial charge in [0.15, 0.2) is 0 Å². The maximum absolute atomic E-state index is 8.57. The van der Waals surface area contributed by atoms with Gasteiger partial charge in [-0.25, -0.2) is 0 Å². The van der Waals surface area contributed by atoms with Crippen LogP contribution in [0.1, 0.15) is 44.2 Å². The van der Waals surface area contributed by atoms with Crippen LogP contribution in [-0.2, 0) is 17.6 Å². The summed E-state index contributed by atoms with van der Waals surface area (Å²) in [4.78, 5) is 0. The third-order valence-electron chi connectivity index (χ3n) is 3.16. The summed E-state index contributed by atoms with van der Waals surface area (Å²) in [5, 5.41) is 8.57. The second-order valence-corrected chi connectivity index (χ2v) is 5.56. The molecule has 0 spiro atoms. The SMILES string of the molecule is CC(C)Cc1ccc(CCCCCOCCO)cc1. The van der Waals surface area contributed by atoms with Crippen LogP contribution in [0.15, 0.2) is 24.3 Å². The van der Waals surface area contributed by atoms with E-state index >= 15 is 0 Å². The zero-order valence-electron chi connectivity index (χ0n) is 12.4. The highest BCUT2D eigenvalue weighted by molar-refractivity contribution is 5.22. The van der Waals surface area contributed by atoms with Crippen LogP contribution < -0.4 is 0 Å². The normalized spacial score (nSPS) is 11.2. The number of aliphatic hydroxyl groups excluding tert-OH is 1. The van der Waals surface area contributed by atoms with E-state index in [1.165, 1.54) is 30.4 Å². The minimum Gasteiger partial charge on any atom is -0.394 e. The molecule has 0 aliphatic heterocycles. The monoisotopic (exact) mass is 264 g/mol. The highest BCUT2D eigenvalue weighted by atomic mass is 16.5. The molecule has 0 amide bonds. The first kappa shape index (κ1) is 16.2. The fourth-order valence-electron chi connectivity index (χ4n) is 2.19. The Labute approximate surface area is 117 Å². The molecule has 0 heterocycles. The molecule has 0 saturated heterocycles. The topological polar surface area (TPSA) is 29.5 Å². The molecule has 2 nitrogen and oxygen atoms in total. The van der Waals surface area contributed by atoms with E-state index in [2.05, 4.69) is 38.1 Å². The van der Waals surface area contributed by atoms with Gasteiger partial charge in [-0.1, -0.05) is 44.5 Å². The lowest BCUT2D eigenvalue weighted by atomic mass is 10.00. The number of hydrogen-bond acceptors (Lipinski definition) is 2. The molecule has 1 aromatic rings. The minimum atomic E-state index is 0.128. The Morgan fingerprint density at radius 2 is 1.63 bits per heavy atom. The predicted octanol–water partition coefficient (Wildman–Crippen LogP) is 3.61. The van der Waals surface area contributed by atoms with Crippen LogP contribution in [0.5, 0.6) is 0 Å². The van der Waals surface area contributed by atoms with Crippen LogP contribution in [-0.4, -0.2) is 24.9 Å². The molecule has 0 radical (unpaired) electrons. The lowest BCUT2D eigenvalue weighted by molar-refractivity contribution is 0.0896. The Bertz CT molecular complexity index is 317. The molecule has 1 rings (SSSR count). The van der Waals surface area contributed by atoms with Crippen LogP contribution in [0.3, 0.4) is 0 Å². The molecule has 1 N–H and O–H groups in total. The molecule has 0 aromatic heterocycles. The smallest absolute Gasteiger partial charge is 0.0697 e. The quantitative estimate of drug-likeness (QED) is 0.654. The Morgan fingerprint density at radius 3 is 2.26 bits per heavy atom. The van der Waals surface area contributed by atoms with Gasteiger partial charge in [0.25, 0.3) is 0 Å². The van der Waals surface area contributed by atoms with Crippen LogP contribution in [0.25, 0.3) is 0 Å². The van der Waals surface area contributed by atoms with E-state index in [-0.39, 0.29) is 6.61 Å². The van der Waals surface area contributed by atoms with Crippen molar-refractivity contribution in [1.82, 2.24) is 0 Å². The number of rotatable bonds is 10. The fourth-order valence-corrected chi connectivity index (χ4v) is 2.19. The van der Waals surface area contributed by atoms with Gasteiger partial charge in [0.2, 0.25) is 0 Å². The van der Waals surface area contributed by atoms with Crippen molar-refractivity contribution in [1.29, 1.82) is 0 Å². The van der Waals surface area contributed by atoms with E-state index in [1.54, 1.807) is 0 Å². The first-order valence-corrected chi connectivity index (χ1v) is 7.49. The minimum absolute atomic E-state index is 0.128. The number of aryl methyl sites for hydroxylation is 1. The van der Waals surface area contributed by atoms with E-state index in [4.69, 9.17) is 9.84 Å². The molecule has 0 aliphatic carbocycles. The maximum Gasteiger partial charge on any atom is 0.0697 e. The van der Waals surface area contributed by atoms with Crippen LogP contribution in [0.2, 0.25) is 0 Å². The van der Waals surface area contributed by atoms with Gasteiger partial charge in [-0.05, 0) is 42.7 Å². The Morgan fingerprint density at radius 1 is 0.947 bits per heavy atom. The molecule has 108 valence electrons. The summed E-state index contributed by atoms with van der Waals surface area (Å²) in [6, 6.07) is 9.05. The van der Waals surface area contributed by atoms with Crippen LogP contribution >= 0.6 is 0 Å². The molecule has 1 aromatic carbocycles. The predicted molar refractivity (Wildman–Crippen MR) is 80.4 cm³/mol. The molecule has 19 heavy (non-hydrogen) atoms. The third kappa shape index (κ3) is 8.02. The Hall–Kier alpha value is -0.860. The number of hydrogen-bond donors (Lipinski definition) is 1. The van der Waals surface area contributed by atoms with E-state index in [0.29, 0.717) is 6.61 Å². The van der Waals surface area contributed by atoms with E-state index in [0.717, 1.165) is 25.4 Å². The van der Waals surface area contributed by atoms with Gasteiger partial charge in [-0.15, -0.1) is 0 Å². The van der Waals surface area contributed by atoms with E-state index in [1.807, 2.05) is 0 Å².